The number of methoxy groups -OCH3 is 1. The Bertz CT molecular complexity index is 832. The lowest BCUT2D eigenvalue weighted by Gasteiger charge is -2.23. The van der Waals surface area contributed by atoms with Crippen LogP contribution in [0.3, 0.4) is 0 Å². The minimum atomic E-state index is 0.142. The molecule has 0 aliphatic heterocycles. The molecule has 0 unspecified atom stereocenters. The minimum absolute atomic E-state index is 0.142. The van der Waals surface area contributed by atoms with Crippen LogP contribution in [0.4, 0.5) is 0 Å². The first kappa shape index (κ1) is 17.8. The number of fused-ring (bicyclic) bond motifs is 1. The molecule has 0 saturated carbocycles. The second-order valence-electron chi connectivity index (χ2n) is 8.62. The van der Waals surface area contributed by atoms with Crippen molar-refractivity contribution in [2.75, 3.05) is 7.11 Å². The van der Waals surface area contributed by atoms with Gasteiger partial charge in [-0.3, -0.25) is 0 Å². The van der Waals surface area contributed by atoms with Gasteiger partial charge in [0.15, 0.2) is 0 Å². The van der Waals surface area contributed by atoms with Crippen LogP contribution in [-0.4, -0.2) is 7.11 Å². The maximum Gasteiger partial charge on any atom is 0.126 e. The van der Waals surface area contributed by atoms with Crippen molar-refractivity contribution in [3.63, 3.8) is 0 Å². The lowest BCUT2D eigenvalue weighted by atomic mass is 9.82. The maximum absolute atomic E-state index is 5.59. The number of ether oxygens (including phenoxy) is 1. The maximum atomic E-state index is 5.59. The van der Waals surface area contributed by atoms with E-state index in [-0.39, 0.29) is 5.41 Å². The van der Waals surface area contributed by atoms with Crippen LogP contribution in [-0.2, 0) is 11.8 Å². The van der Waals surface area contributed by atoms with Crippen molar-refractivity contribution in [3.05, 3.63) is 58.2 Å². The molecular weight excluding hydrogens is 304 g/mol. The van der Waals surface area contributed by atoms with Gasteiger partial charge in [0, 0.05) is 5.56 Å². The van der Waals surface area contributed by atoms with Crippen molar-refractivity contribution in [1.29, 1.82) is 0 Å². The first-order chi connectivity index (χ1) is 11.7. The van der Waals surface area contributed by atoms with E-state index in [2.05, 4.69) is 78.0 Å². The molecule has 3 rings (SSSR count). The van der Waals surface area contributed by atoms with Gasteiger partial charge >= 0.3 is 0 Å². The minimum Gasteiger partial charge on any atom is -0.496 e. The average Bonchev–Trinajstić information content (AvgIpc) is 2.93. The van der Waals surface area contributed by atoms with Crippen LogP contribution in [0.5, 0.6) is 5.75 Å². The molecule has 0 amide bonds. The van der Waals surface area contributed by atoms with E-state index in [1.807, 2.05) is 0 Å². The summed E-state index contributed by atoms with van der Waals surface area (Å²) >= 11 is 0. The predicted molar refractivity (Wildman–Crippen MR) is 109 cm³/mol. The summed E-state index contributed by atoms with van der Waals surface area (Å²) < 4.78 is 5.59. The first-order valence-electron chi connectivity index (χ1n) is 9.23. The van der Waals surface area contributed by atoms with Gasteiger partial charge in [-0.25, -0.2) is 0 Å². The second-order valence-corrected chi connectivity index (χ2v) is 8.62. The van der Waals surface area contributed by atoms with Crippen LogP contribution in [0.15, 0.2) is 35.9 Å². The first-order valence-corrected chi connectivity index (χ1v) is 9.23. The fourth-order valence-electron chi connectivity index (χ4n) is 3.59. The topological polar surface area (TPSA) is 9.23 Å². The van der Waals surface area contributed by atoms with E-state index in [4.69, 9.17) is 4.74 Å². The molecule has 0 spiro atoms. The zero-order chi connectivity index (χ0) is 18.4. The van der Waals surface area contributed by atoms with Gasteiger partial charge in [-0.2, -0.15) is 0 Å². The van der Waals surface area contributed by atoms with Crippen molar-refractivity contribution in [1.82, 2.24) is 0 Å². The van der Waals surface area contributed by atoms with Crippen LogP contribution in [0.1, 0.15) is 69.7 Å². The van der Waals surface area contributed by atoms with Gasteiger partial charge in [0.1, 0.15) is 5.75 Å². The van der Waals surface area contributed by atoms with Crippen molar-refractivity contribution in [2.45, 2.75) is 59.3 Å². The lowest BCUT2D eigenvalue weighted by molar-refractivity contribution is 0.413. The highest BCUT2D eigenvalue weighted by molar-refractivity contribution is 5.80. The molecule has 0 atom stereocenters. The summed E-state index contributed by atoms with van der Waals surface area (Å²) in [7, 11) is 1.76. The molecule has 1 aliphatic carbocycles. The van der Waals surface area contributed by atoms with Gasteiger partial charge < -0.3 is 4.74 Å². The van der Waals surface area contributed by atoms with Crippen molar-refractivity contribution in [3.8, 4) is 16.9 Å². The Morgan fingerprint density at radius 2 is 1.76 bits per heavy atom. The molecule has 0 fully saturated rings. The van der Waals surface area contributed by atoms with Crippen LogP contribution in [0, 0.1) is 0 Å². The van der Waals surface area contributed by atoms with Gasteiger partial charge in [-0.1, -0.05) is 70.5 Å². The van der Waals surface area contributed by atoms with Crippen molar-refractivity contribution in [2.24, 2.45) is 0 Å². The fourth-order valence-corrected chi connectivity index (χ4v) is 3.59. The monoisotopic (exact) mass is 334 g/mol. The Labute approximate surface area is 152 Å². The van der Waals surface area contributed by atoms with Gasteiger partial charge in [0.05, 0.1) is 7.11 Å². The third-order valence-electron chi connectivity index (χ3n) is 5.18. The van der Waals surface area contributed by atoms with E-state index in [1.54, 1.807) is 7.11 Å². The zero-order valence-electron chi connectivity index (χ0n) is 16.7. The molecule has 0 saturated heterocycles. The molecule has 0 N–H and O–H groups in total. The predicted octanol–water partition coefficient (Wildman–Crippen LogP) is 6.74. The molecule has 1 aliphatic rings. The van der Waals surface area contributed by atoms with Gasteiger partial charge in [0.25, 0.3) is 0 Å². The Kier molecular flexibility index (Phi) is 4.53. The van der Waals surface area contributed by atoms with E-state index in [9.17, 15) is 0 Å². The Balaban J connectivity index is 2.22. The highest BCUT2D eigenvalue weighted by atomic mass is 16.5. The number of hydrogen-bond donors (Lipinski definition) is 0. The molecule has 2 aromatic rings. The molecule has 1 heteroatoms. The quantitative estimate of drug-likeness (QED) is 0.603. The van der Waals surface area contributed by atoms with E-state index in [0.29, 0.717) is 5.92 Å². The number of rotatable bonds is 3. The fraction of sp³-hybridized carbons (Fsp3) is 0.417. The van der Waals surface area contributed by atoms with Gasteiger partial charge in [-0.05, 0) is 58.6 Å². The van der Waals surface area contributed by atoms with Crippen LogP contribution < -0.4 is 4.74 Å². The average molecular weight is 335 g/mol. The van der Waals surface area contributed by atoms with Crippen LogP contribution in [0.2, 0.25) is 0 Å². The highest BCUT2D eigenvalue weighted by Gasteiger charge is 2.21. The molecule has 0 bridgehead atoms. The number of allylic oxidation sites excluding steroid dienone is 1. The third kappa shape index (κ3) is 3.38. The number of benzene rings is 2. The van der Waals surface area contributed by atoms with Gasteiger partial charge in [-0.15, -0.1) is 0 Å². The summed E-state index contributed by atoms with van der Waals surface area (Å²) in [5.74, 6) is 1.50. The zero-order valence-corrected chi connectivity index (χ0v) is 16.7. The molecule has 2 aromatic carbocycles. The number of hydrogen-bond acceptors (Lipinski definition) is 1. The summed E-state index contributed by atoms with van der Waals surface area (Å²) in [6.45, 7) is 13.6. The van der Waals surface area contributed by atoms with Crippen molar-refractivity contribution < 1.29 is 4.74 Å². The lowest BCUT2D eigenvalue weighted by Crippen LogP contribution is -2.12. The third-order valence-corrected chi connectivity index (χ3v) is 5.18. The second kappa shape index (κ2) is 6.37. The summed E-state index contributed by atoms with van der Waals surface area (Å²) in [5.41, 5.74) is 9.69. The molecule has 132 valence electrons. The Morgan fingerprint density at radius 3 is 2.36 bits per heavy atom. The molecule has 1 nitrogen and oxygen atoms in total. The Morgan fingerprint density at radius 1 is 1.04 bits per heavy atom. The molecule has 25 heavy (non-hydrogen) atoms. The summed E-state index contributed by atoms with van der Waals surface area (Å²) in [5, 5.41) is 0. The SMILES string of the molecule is COc1ccc(-c2cc(C(C)C)cc(C(C)(C)C)c2)c2c1C=C(C)C2. The summed E-state index contributed by atoms with van der Waals surface area (Å²) in [6.07, 6.45) is 3.28. The van der Waals surface area contributed by atoms with Crippen molar-refractivity contribution >= 4 is 6.08 Å². The van der Waals surface area contributed by atoms with E-state index < -0.39 is 0 Å². The van der Waals surface area contributed by atoms with Gasteiger partial charge in [0.2, 0.25) is 0 Å². The molecule has 0 aromatic heterocycles. The summed E-state index contributed by atoms with van der Waals surface area (Å²) in [4.78, 5) is 0. The van der Waals surface area contributed by atoms with E-state index in [0.717, 1.165) is 12.2 Å². The normalized spacial score (nSPS) is 13.8. The molecule has 0 heterocycles. The smallest absolute Gasteiger partial charge is 0.126 e. The largest absolute Gasteiger partial charge is 0.496 e. The molecular formula is C24H30O. The van der Waals surface area contributed by atoms with Crippen LogP contribution in [0.25, 0.3) is 17.2 Å². The van der Waals surface area contributed by atoms with Crippen LogP contribution >= 0.6 is 0 Å². The Hall–Kier alpha value is -2.02. The molecule has 0 radical (unpaired) electrons. The highest BCUT2D eigenvalue weighted by Crippen LogP contribution is 2.41. The van der Waals surface area contributed by atoms with E-state index in [1.165, 1.54) is 39.0 Å². The summed E-state index contributed by atoms with van der Waals surface area (Å²) in [6, 6.07) is 11.5. The van der Waals surface area contributed by atoms with E-state index >= 15 is 0 Å². The standard InChI is InChI=1S/C24H30O/c1-15(2)17-12-18(14-19(13-17)24(4,5)6)20-8-9-23(25-7)22-11-16(3)10-21(20)22/h8-9,11-15H,10H2,1-7H3.